The number of hydrogen-bond acceptors (Lipinski definition) is 4. The van der Waals surface area contributed by atoms with Crippen LogP contribution in [0.3, 0.4) is 0 Å². The molecular weight excluding hydrogens is 268 g/mol. The maximum Gasteiger partial charge on any atom is 0.343 e. The Kier molecular flexibility index (Phi) is 2.44. The molecule has 0 aromatic carbocycles. The number of allylic oxidation sites excluding steroid dienone is 1. The SMILES string of the molecule is C=CC[C@]12C(=O)CCC[C@@H]3COC(=O)[C@@]4(C=CC1O4)[C@@]32C. The molecule has 4 heteroatoms. The van der Waals surface area contributed by atoms with Crippen LogP contribution >= 0.6 is 0 Å². The second kappa shape index (κ2) is 3.86. The smallest absolute Gasteiger partial charge is 0.343 e. The molecule has 3 heterocycles. The predicted molar refractivity (Wildman–Crippen MR) is 75.4 cm³/mol. The van der Waals surface area contributed by atoms with Crippen molar-refractivity contribution in [3.8, 4) is 0 Å². The van der Waals surface area contributed by atoms with Gasteiger partial charge in [-0.1, -0.05) is 19.1 Å². The van der Waals surface area contributed by atoms with Crippen LogP contribution in [0.15, 0.2) is 24.8 Å². The Morgan fingerprint density at radius 2 is 2.29 bits per heavy atom. The largest absolute Gasteiger partial charge is 0.463 e. The molecule has 1 spiro atoms. The molecule has 1 saturated carbocycles. The number of esters is 1. The number of fused-ring (bicyclic) bond motifs is 2. The van der Waals surface area contributed by atoms with Gasteiger partial charge in [0.15, 0.2) is 5.60 Å². The molecule has 21 heavy (non-hydrogen) atoms. The Morgan fingerprint density at radius 1 is 1.48 bits per heavy atom. The lowest BCUT2D eigenvalue weighted by molar-refractivity contribution is -0.194. The predicted octanol–water partition coefficient (Wildman–Crippen LogP) is 2.19. The van der Waals surface area contributed by atoms with Crippen LogP contribution in [0.2, 0.25) is 0 Å². The molecule has 0 radical (unpaired) electrons. The third kappa shape index (κ3) is 1.15. The van der Waals surface area contributed by atoms with E-state index in [-0.39, 0.29) is 23.8 Å². The van der Waals surface area contributed by atoms with Crippen molar-refractivity contribution in [3.05, 3.63) is 24.8 Å². The van der Waals surface area contributed by atoms with Crippen molar-refractivity contribution in [3.63, 3.8) is 0 Å². The Balaban J connectivity index is 2.01. The summed E-state index contributed by atoms with van der Waals surface area (Å²) in [5.74, 6) is 0.0514. The summed E-state index contributed by atoms with van der Waals surface area (Å²) in [4.78, 5) is 25.5. The zero-order chi connectivity index (χ0) is 14.9. The number of ketones is 1. The van der Waals surface area contributed by atoms with E-state index in [0.717, 1.165) is 12.8 Å². The van der Waals surface area contributed by atoms with Crippen molar-refractivity contribution in [2.24, 2.45) is 16.7 Å². The van der Waals surface area contributed by atoms with Crippen molar-refractivity contribution < 1.29 is 19.1 Å². The molecule has 1 aliphatic carbocycles. The average Bonchev–Trinajstić information content (AvgIpc) is 2.96. The first-order chi connectivity index (χ1) is 10.0. The van der Waals surface area contributed by atoms with Gasteiger partial charge in [0, 0.05) is 17.8 Å². The van der Waals surface area contributed by atoms with Gasteiger partial charge in [0.1, 0.15) is 5.78 Å². The molecule has 3 fully saturated rings. The van der Waals surface area contributed by atoms with Crippen molar-refractivity contribution in [2.45, 2.75) is 44.3 Å². The van der Waals surface area contributed by atoms with Crippen LogP contribution in [-0.4, -0.2) is 30.1 Å². The van der Waals surface area contributed by atoms with Crippen LogP contribution in [0.4, 0.5) is 0 Å². The van der Waals surface area contributed by atoms with Gasteiger partial charge in [-0.25, -0.2) is 4.79 Å². The highest BCUT2D eigenvalue weighted by molar-refractivity contribution is 5.94. The Morgan fingerprint density at radius 3 is 3.05 bits per heavy atom. The van der Waals surface area contributed by atoms with Gasteiger partial charge in [-0.15, -0.1) is 6.58 Å². The molecule has 2 bridgehead atoms. The van der Waals surface area contributed by atoms with E-state index in [1.54, 1.807) is 6.08 Å². The number of cyclic esters (lactones) is 1. The first-order valence-corrected chi connectivity index (χ1v) is 7.71. The second-order valence-electron chi connectivity index (χ2n) is 6.91. The normalized spacial score (nSPS) is 50.5. The van der Waals surface area contributed by atoms with Gasteiger partial charge in [0.25, 0.3) is 0 Å². The minimum atomic E-state index is -1.08. The molecule has 4 aliphatic rings. The van der Waals surface area contributed by atoms with Crippen molar-refractivity contribution >= 4 is 11.8 Å². The van der Waals surface area contributed by atoms with E-state index in [4.69, 9.17) is 9.47 Å². The van der Waals surface area contributed by atoms with Gasteiger partial charge in [0.05, 0.1) is 18.1 Å². The van der Waals surface area contributed by atoms with Crippen LogP contribution in [0.25, 0.3) is 0 Å². The lowest BCUT2D eigenvalue weighted by Crippen LogP contribution is -2.65. The van der Waals surface area contributed by atoms with E-state index in [9.17, 15) is 9.59 Å². The van der Waals surface area contributed by atoms with Gasteiger partial charge in [0.2, 0.25) is 0 Å². The molecule has 112 valence electrons. The topological polar surface area (TPSA) is 52.6 Å². The molecule has 0 aromatic rings. The molecular formula is C17H20O4. The van der Waals surface area contributed by atoms with E-state index < -0.39 is 16.4 Å². The molecule has 3 aliphatic heterocycles. The van der Waals surface area contributed by atoms with Gasteiger partial charge in [-0.2, -0.15) is 0 Å². The third-order valence-electron chi connectivity index (χ3n) is 6.46. The lowest BCUT2D eigenvalue weighted by atomic mass is 9.47. The van der Waals surface area contributed by atoms with Crippen LogP contribution in [0, 0.1) is 16.7 Å². The monoisotopic (exact) mass is 288 g/mol. The molecule has 0 N–H and O–H groups in total. The molecule has 4 nitrogen and oxygen atoms in total. The fourth-order valence-corrected chi connectivity index (χ4v) is 5.36. The minimum absolute atomic E-state index is 0.163. The third-order valence-corrected chi connectivity index (χ3v) is 6.46. The Labute approximate surface area is 124 Å². The quantitative estimate of drug-likeness (QED) is 0.577. The highest BCUT2D eigenvalue weighted by Crippen LogP contribution is 2.70. The van der Waals surface area contributed by atoms with Crippen molar-refractivity contribution in [1.82, 2.24) is 0 Å². The van der Waals surface area contributed by atoms with Crippen molar-refractivity contribution in [2.75, 3.05) is 6.61 Å². The lowest BCUT2D eigenvalue weighted by Gasteiger charge is -2.54. The maximum absolute atomic E-state index is 13.0. The molecule has 0 amide bonds. The number of hydrogen-bond donors (Lipinski definition) is 0. The highest BCUT2D eigenvalue weighted by atomic mass is 16.6. The van der Waals surface area contributed by atoms with E-state index >= 15 is 0 Å². The Hall–Kier alpha value is -1.42. The number of ether oxygens (including phenoxy) is 2. The molecule has 1 unspecified atom stereocenters. The van der Waals surface area contributed by atoms with Gasteiger partial charge >= 0.3 is 5.97 Å². The molecule has 5 atom stereocenters. The van der Waals surface area contributed by atoms with E-state index in [1.807, 2.05) is 12.2 Å². The first-order valence-electron chi connectivity index (χ1n) is 7.71. The van der Waals surface area contributed by atoms with Crippen LogP contribution in [0.1, 0.15) is 32.6 Å². The van der Waals surface area contributed by atoms with Gasteiger partial charge in [-0.3, -0.25) is 4.79 Å². The first kappa shape index (κ1) is 13.3. The number of carbonyl (C=O) groups is 2. The van der Waals surface area contributed by atoms with Crippen LogP contribution in [-0.2, 0) is 19.1 Å². The standard InChI is InChI=1S/C17H20O4/c1-3-8-16-12(18)6-4-5-11-10-20-14(19)17(15(11,16)2)9-7-13(16)21-17/h3,7,9,11,13H,1,4-6,8,10H2,2H3/t11-,13?,15+,16+,17+/m1/s1. The van der Waals surface area contributed by atoms with Crippen LogP contribution in [0.5, 0.6) is 0 Å². The summed E-state index contributed by atoms with van der Waals surface area (Å²) in [6, 6.07) is 0. The summed E-state index contributed by atoms with van der Waals surface area (Å²) >= 11 is 0. The average molecular weight is 288 g/mol. The zero-order valence-electron chi connectivity index (χ0n) is 12.3. The summed E-state index contributed by atoms with van der Waals surface area (Å²) in [7, 11) is 0. The second-order valence-corrected chi connectivity index (χ2v) is 6.91. The molecule has 0 aromatic heterocycles. The van der Waals surface area contributed by atoms with Crippen LogP contribution < -0.4 is 0 Å². The van der Waals surface area contributed by atoms with E-state index in [2.05, 4.69) is 13.5 Å². The maximum atomic E-state index is 13.0. The fourth-order valence-electron chi connectivity index (χ4n) is 5.36. The summed E-state index contributed by atoms with van der Waals surface area (Å²) in [5, 5.41) is 0. The van der Waals surface area contributed by atoms with E-state index in [1.165, 1.54) is 0 Å². The molecule has 4 rings (SSSR count). The highest BCUT2D eigenvalue weighted by Gasteiger charge is 2.80. The number of Topliss-reactive ketones (excluding diaryl/α,β-unsaturated/α-hetero) is 1. The zero-order valence-corrected chi connectivity index (χ0v) is 12.3. The summed E-state index contributed by atoms with van der Waals surface area (Å²) < 4.78 is 11.5. The Bertz CT molecular complexity index is 579. The summed E-state index contributed by atoms with van der Waals surface area (Å²) in [6.45, 7) is 6.31. The molecule has 2 saturated heterocycles. The minimum Gasteiger partial charge on any atom is -0.463 e. The summed E-state index contributed by atoms with van der Waals surface area (Å²) in [6.07, 6.45) is 8.07. The number of carbonyl (C=O) groups excluding carboxylic acids is 2. The van der Waals surface area contributed by atoms with Crippen molar-refractivity contribution in [1.29, 1.82) is 0 Å². The fraction of sp³-hybridized carbons (Fsp3) is 0.647. The number of rotatable bonds is 2. The van der Waals surface area contributed by atoms with E-state index in [0.29, 0.717) is 19.4 Å². The van der Waals surface area contributed by atoms with Gasteiger partial charge < -0.3 is 9.47 Å². The summed E-state index contributed by atoms with van der Waals surface area (Å²) in [5.41, 5.74) is -2.27. The van der Waals surface area contributed by atoms with Gasteiger partial charge in [-0.05, 0) is 25.3 Å².